The number of hydrogen-bond acceptors (Lipinski definition) is 2. The number of rotatable bonds is 2. The highest BCUT2D eigenvalue weighted by molar-refractivity contribution is 5.99. The van der Waals surface area contributed by atoms with E-state index in [-0.39, 0.29) is 6.61 Å². The van der Waals surface area contributed by atoms with E-state index in [2.05, 4.69) is 85.7 Å². The van der Waals surface area contributed by atoms with Crippen LogP contribution in [0.1, 0.15) is 23.6 Å². The van der Waals surface area contributed by atoms with Gasteiger partial charge in [0.2, 0.25) is 0 Å². The molecular formula is C29H20O2. The maximum absolute atomic E-state index is 7.00. The van der Waals surface area contributed by atoms with Gasteiger partial charge < -0.3 is 9.47 Å². The van der Waals surface area contributed by atoms with Gasteiger partial charge >= 0.3 is 0 Å². The molecule has 4 aromatic rings. The van der Waals surface area contributed by atoms with E-state index in [0.717, 1.165) is 33.4 Å². The summed E-state index contributed by atoms with van der Waals surface area (Å²) in [6.07, 6.45) is 7.69. The number of allylic oxidation sites excluding steroid dienone is 1. The first-order valence-corrected chi connectivity index (χ1v) is 10.4. The van der Waals surface area contributed by atoms with Crippen LogP contribution in [0.15, 0.2) is 84.9 Å². The van der Waals surface area contributed by atoms with E-state index in [9.17, 15) is 0 Å². The third-order valence-electron chi connectivity index (χ3n) is 6.32. The third-order valence-corrected chi connectivity index (χ3v) is 6.32. The summed E-state index contributed by atoms with van der Waals surface area (Å²) in [5, 5.41) is 2.03. The van der Waals surface area contributed by atoms with Crippen LogP contribution in [0.3, 0.4) is 0 Å². The molecule has 2 heteroatoms. The van der Waals surface area contributed by atoms with Crippen molar-refractivity contribution < 1.29 is 9.47 Å². The Hall–Kier alpha value is -3.96. The van der Waals surface area contributed by atoms with Gasteiger partial charge in [-0.05, 0) is 35.8 Å². The molecular weight excluding hydrogens is 380 g/mol. The molecule has 1 aliphatic heterocycles. The molecule has 0 saturated carbocycles. The number of ether oxygens (including phenoxy) is 2. The quantitative estimate of drug-likeness (QED) is 0.354. The summed E-state index contributed by atoms with van der Waals surface area (Å²) < 4.78 is 12.9. The molecule has 0 amide bonds. The van der Waals surface area contributed by atoms with Crippen molar-refractivity contribution in [3.8, 4) is 35.0 Å². The van der Waals surface area contributed by atoms with Gasteiger partial charge in [0.05, 0.1) is 0 Å². The minimum Gasteiger partial charge on any atom is -0.480 e. The summed E-state index contributed by atoms with van der Waals surface area (Å²) >= 11 is 0. The zero-order valence-corrected chi connectivity index (χ0v) is 17.2. The zero-order valence-electron chi connectivity index (χ0n) is 17.2. The van der Waals surface area contributed by atoms with Crippen molar-refractivity contribution >= 4 is 16.3 Å². The van der Waals surface area contributed by atoms with Crippen LogP contribution in [0.5, 0.6) is 11.5 Å². The van der Waals surface area contributed by atoms with Crippen LogP contribution in [-0.4, -0.2) is 6.61 Å². The lowest BCUT2D eigenvalue weighted by molar-refractivity contribution is 0.167. The largest absolute Gasteiger partial charge is 0.480 e. The molecule has 2 nitrogen and oxygen atoms in total. The monoisotopic (exact) mass is 400 g/mol. The Labute approximate surface area is 181 Å². The summed E-state index contributed by atoms with van der Waals surface area (Å²) in [5.74, 6) is 4.23. The van der Waals surface area contributed by atoms with Crippen LogP contribution in [-0.2, 0) is 5.60 Å². The first-order chi connectivity index (χ1) is 15.2. The Morgan fingerprint density at radius 2 is 1.45 bits per heavy atom. The highest BCUT2D eigenvalue weighted by atomic mass is 16.5. The molecule has 0 atom stereocenters. The Balaban J connectivity index is 1.65. The minimum absolute atomic E-state index is 0.233. The SMILES string of the molecule is C#CCOc1cc2c(c3ccccc13)OC1(C=C2C)c2ccccc2-c2ccccc21. The first kappa shape index (κ1) is 17.9. The molecule has 1 heterocycles. The van der Waals surface area contributed by atoms with Crippen LogP contribution >= 0.6 is 0 Å². The lowest BCUT2D eigenvalue weighted by atomic mass is 9.84. The molecule has 1 spiro atoms. The van der Waals surface area contributed by atoms with Crippen molar-refractivity contribution in [2.75, 3.05) is 6.61 Å². The second-order valence-electron chi connectivity index (χ2n) is 8.05. The maximum Gasteiger partial charge on any atom is 0.179 e. The lowest BCUT2D eigenvalue weighted by Crippen LogP contribution is -2.33. The van der Waals surface area contributed by atoms with Crippen LogP contribution in [0.25, 0.3) is 27.5 Å². The van der Waals surface area contributed by atoms with E-state index >= 15 is 0 Å². The molecule has 6 rings (SSSR count). The van der Waals surface area contributed by atoms with Crippen LogP contribution in [0.4, 0.5) is 0 Å². The summed E-state index contributed by atoms with van der Waals surface area (Å²) in [4.78, 5) is 0. The Morgan fingerprint density at radius 1 is 0.839 bits per heavy atom. The Bertz CT molecular complexity index is 1390. The molecule has 0 unspecified atom stereocenters. The van der Waals surface area contributed by atoms with Crippen molar-refractivity contribution in [2.45, 2.75) is 12.5 Å². The van der Waals surface area contributed by atoms with Crippen LogP contribution < -0.4 is 9.47 Å². The van der Waals surface area contributed by atoms with E-state index in [4.69, 9.17) is 15.9 Å². The molecule has 1 aliphatic carbocycles. The van der Waals surface area contributed by atoms with E-state index in [1.54, 1.807) is 0 Å². The number of hydrogen-bond donors (Lipinski definition) is 0. The van der Waals surface area contributed by atoms with E-state index in [0.29, 0.717) is 0 Å². The molecule has 2 aliphatic rings. The summed E-state index contributed by atoms with van der Waals surface area (Å²) in [6.45, 7) is 2.38. The van der Waals surface area contributed by atoms with Crippen molar-refractivity contribution in [1.29, 1.82) is 0 Å². The summed E-state index contributed by atoms with van der Waals surface area (Å²) in [7, 11) is 0. The Kier molecular flexibility index (Phi) is 3.76. The molecule has 0 saturated heterocycles. The number of fused-ring (bicyclic) bond motifs is 8. The Morgan fingerprint density at radius 3 is 2.13 bits per heavy atom. The number of benzene rings is 4. The summed E-state index contributed by atoms with van der Waals surface area (Å²) in [5.41, 5.74) is 6.36. The molecule has 148 valence electrons. The normalized spacial score (nSPS) is 14.8. The maximum atomic E-state index is 7.00. The average molecular weight is 400 g/mol. The van der Waals surface area contributed by atoms with Gasteiger partial charge in [-0.2, -0.15) is 0 Å². The second-order valence-corrected chi connectivity index (χ2v) is 8.05. The first-order valence-electron chi connectivity index (χ1n) is 10.4. The van der Waals surface area contributed by atoms with Gasteiger partial charge in [0.25, 0.3) is 0 Å². The zero-order chi connectivity index (χ0) is 21.0. The van der Waals surface area contributed by atoms with Crippen LogP contribution in [0.2, 0.25) is 0 Å². The van der Waals surface area contributed by atoms with Crippen molar-refractivity contribution in [3.05, 3.63) is 102 Å². The third kappa shape index (κ3) is 2.41. The number of terminal acetylenes is 1. The van der Waals surface area contributed by atoms with Gasteiger partial charge in [-0.25, -0.2) is 0 Å². The van der Waals surface area contributed by atoms with Crippen molar-refractivity contribution in [2.24, 2.45) is 0 Å². The topological polar surface area (TPSA) is 18.5 Å². The fourth-order valence-corrected chi connectivity index (χ4v) is 5.02. The van der Waals surface area contributed by atoms with Crippen molar-refractivity contribution in [3.63, 3.8) is 0 Å². The lowest BCUT2D eigenvalue weighted by Gasteiger charge is -2.36. The smallest absolute Gasteiger partial charge is 0.179 e. The second kappa shape index (κ2) is 6.52. The van der Waals surface area contributed by atoms with E-state index < -0.39 is 5.60 Å². The van der Waals surface area contributed by atoms with Gasteiger partial charge in [-0.1, -0.05) is 78.7 Å². The summed E-state index contributed by atoms with van der Waals surface area (Å²) in [6, 6.07) is 27.3. The molecule has 0 bridgehead atoms. The van der Waals surface area contributed by atoms with Gasteiger partial charge in [-0.15, -0.1) is 6.42 Å². The van der Waals surface area contributed by atoms with Crippen LogP contribution in [0, 0.1) is 12.3 Å². The predicted octanol–water partition coefficient (Wildman–Crippen LogP) is 6.57. The molecule has 4 aromatic carbocycles. The molecule has 0 N–H and O–H groups in total. The van der Waals surface area contributed by atoms with Gasteiger partial charge in [0.1, 0.15) is 18.1 Å². The van der Waals surface area contributed by atoms with E-state index in [1.165, 1.54) is 22.3 Å². The van der Waals surface area contributed by atoms with Gasteiger partial charge in [-0.3, -0.25) is 0 Å². The predicted molar refractivity (Wildman–Crippen MR) is 125 cm³/mol. The molecule has 0 radical (unpaired) electrons. The standard InChI is InChI=1S/C29H20O2/c1-3-16-30-27-17-24-19(2)18-29(31-28(24)23-13-5-4-12-22(23)27)25-14-8-6-10-20(25)21-11-7-9-15-26(21)29/h1,4-15,17-18H,16H2,2H3. The van der Waals surface area contributed by atoms with Gasteiger partial charge in [0, 0.05) is 27.5 Å². The minimum atomic E-state index is -0.645. The van der Waals surface area contributed by atoms with Crippen molar-refractivity contribution in [1.82, 2.24) is 0 Å². The average Bonchev–Trinajstić information content (AvgIpc) is 3.08. The molecule has 0 aromatic heterocycles. The molecule has 0 fully saturated rings. The highest BCUT2D eigenvalue weighted by Crippen LogP contribution is 2.55. The van der Waals surface area contributed by atoms with Gasteiger partial charge in [0.15, 0.2) is 5.60 Å². The van der Waals surface area contributed by atoms with E-state index in [1.807, 2.05) is 12.1 Å². The highest BCUT2D eigenvalue weighted by Gasteiger charge is 2.46. The fraction of sp³-hybridized carbons (Fsp3) is 0.103. The fourth-order valence-electron chi connectivity index (χ4n) is 5.02. The molecule has 31 heavy (non-hydrogen) atoms.